The lowest BCUT2D eigenvalue weighted by Gasteiger charge is -2.00. The highest BCUT2D eigenvalue weighted by Crippen LogP contribution is 2.26. The lowest BCUT2D eigenvalue weighted by Crippen LogP contribution is -2.46. The highest BCUT2D eigenvalue weighted by atomic mass is 32.2. The molecule has 5 nitrogen and oxygen atoms in total. The van der Waals surface area contributed by atoms with E-state index in [2.05, 4.69) is 65.9 Å². The van der Waals surface area contributed by atoms with Gasteiger partial charge in [0.15, 0.2) is 0 Å². The lowest BCUT2D eigenvalue weighted by atomic mass is 10.4. The molecular formula is C13H16N4OS. The molecule has 0 heterocycles. The third kappa shape index (κ3) is 6.46. The zero-order valence-electron chi connectivity index (χ0n) is 10.3. The lowest BCUT2D eigenvalue weighted by molar-refractivity contribution is 0.210. The summed E-state index contributed by atoms with van der Waals surface area (Å²) in [5.74, 6) is 9.14. The van der Waals surface area contributed by atoms with Crippen molar-refractivity contribution < 1.29 is 4.79 Å². The van der Waals surface area contributed by atoms with Gasteiger partial charge in [-0.05, 0) is 24.3 Å². The Bertz CT molecular complexity index is 453. The normalized spacial score (nSPS) is 9.16. The second-order valence-electron chi connectivity index (χ2n) is 3.47. The predicted molar refractivity (Wildman–Crippen MR) is 76.8 cm³/mol. The SMILES string of the molecule is NC(=O)N(N)N.c1ccc(Sc2ccccc2)cc1. The number of carbonyl (C=O) groups excluding carboxylic acids is 1. The Kier molecular flexibility index (Phi) is 6.45. The molecule has 19 heavy (non-hydrogen) atoms. The van der Waals surface area contributed by atoms with Crippen molar-refractivity contribution in [3.8, 4) is 0 Å². The molecule has 6 N–H and O–H groups in total. The van der Waals surface area contributed by atoms with E-state index >= 15 is 0 Å². The van der Waals surface area contributed by atoms with Gasteiger partial charge in [-0.1, -0.05) is 48.2 Å². The van der Waals surface area contributed by atoms with Crippen LogP contribution in [0.25, 0.3) is 0 Å². The van der Waals surface area contributed by atoms with Crippen molar-refractivity contribution in [1.82, 2.24) is 5.12 Å². The maximum atomic E-state index is 9.60. The number of hydrogen-bond acceptors (Lipinski definition) is 4. The zero-order valence-corrected chi connectivity index (χ0v) is 11.1. The molecule has 2 aromatic rings. The van der Waals surface area contributed by atoms with Gasteiger partial charge in [-0.2, -0.15) is 5.12 Å². The Morgan fingerprint density at radius 3 is 1.42 bits per heavy atom. The van der Waals surface area contributed by atoms with E-state index in [1.54, 1.807) is 11.8 Å². The van der Waals surface area contributed by atoms with Crippen molar-refractivity contribution in [2.24, 2.45) is 17.4 Å². The van der Waals surface area contributed by atoms with Gasteiger partial charge < -0.3 is 5.73 Å². The number of rotatable bonds is 2. The molecule has 0 atom stereocenters. The molecular weight excluding hydrogens is 260 g/mol. The zero-order chi connectivity index (χ0) is 14.1. The smallest absolute Gasteiger partial charge is 0.343 e. The van der Waals surface area contributed by atoms with Gasteiger partial charge in [0.1, 0.15) is 0 Å². The van der Waals surface area contributed by atoms with Crippen LogP contribution in [0.2, 0.25) is 0 Å². The molecule has 0 saturated carbocycles. The van der Waals surface area contributed by atoms with Crippen molar-refractivity contribution >= 4 is 17.8 Å². The Morgan fingerprint density at radius 1 is 0.842 bits per heavy atom. The minimum atomic E-state index is -0.852. The number of benzene rings is 2. The molecule has 0 aliphatic carbocycles. The molecule has 0 unspecified atom stereocenters. The molecule has 0 aliphatic heterocycles. The van der Waals surface area contributed by atoms with Gasteiger partial charge in [0.25, 0.3) is 0 Å². The fraction of sp³-hybridized carbons (Fsp3) is 0. The summed E-state index contributed by atoms with van der Waals surface area (Å²) >= 11 is 1.79. The van der Waals surface area contributed by atoms with Crippen LogP contribution in [-0.4, -0.2) is 11.1 Å². The minimum Gasteiger partial charge on any atom is -0.349 e. The quantitative estimate of drug-likeness (QED) is 0.443. The summed E-state index contributed by atoms with van der Waals surface area (Å²) in [6.45, 7) is 0. The second kappa shape index (κ2) is 8.15. The predicted octanol–water partition coefficient (Wildman–Crippen LogP) is 1.95. The summed E-state index contributed by atoms with van der Waals surface area (Å²) in [5.41, 5.74) is 4.47. The van der Waals surface area contributed by atoms with Crippen LogP contribution in [0.5, 0.6) is 0 Å². The maximum absolute atomic E-state index is 9.60. The second-order valence-corrected chi connectivity index (χ2v) is 4.62. The van der Waals surface area contributed by atoms with E-state index in [4.69, 9.17) is 0 Å². The first-order valence-corrected chi connectivity index (χ1v) is 6.28. The summed E-state index contributed by atoms with van der Waals surface area (Å²) in [6, 6.07) is 20.0. The van der Waals surface area contributed by atoms with Gasteiger partial charge in [0.2, 0.25) is 0 Å². The standard InChI is InChI=1S/C12H10S.CH6N4O/c1-3-7-11(8-4-1)13-12-9-5-2-6-10-12;2-1(6)5(3)4/h1-10H;3-4H2,(H2,2,6). The Hall–Kier alpha value is -2.02. The third-order valence-corrected chi connectivity index (χ3v) is 2.99. The van der Waals surface area contributed by atoms with Crippen LogP contribution in [0.15, 0.2) is 70.5 Å². The van der Waals surface area contributed by atoms with E-state index in [-0.39, 0.29) is 0 Å². The molecule has 2 aromatic carbocycles. The van der Waals surface area contributed by atoms with Crippen LogP contribution < -0.4 is 17.4 Å². The molecule has 2 rings (SSSR count). The number of carbonyl (C=O) groups is 1. The molecule has 100 valence electrons. The van der Waals surface area contributed by atoms with E-state index in [0.29, 0.717) is 5.12 Å². The van der Waals surface area contributed by atoms with E-state index in [0.717, 1.165) is 0 Å². The van der Waals surface area contributed by atoms with E-state index in [1.165, 1.54) is 9.79 Å². The first kappa shape index (κ1) is 15.0. The summed E-state index contributed by atoms with van der Waals surface area (Å²) in [5, 5.41) is 0.306. The molecule has 0 aromatic heterocycles. The molecule has 2 amide bonds. The number of urea groups is 1. The van der Waals surface area contributed by atoms with Crippen LogP contribution in [0.3, 0.4) is 0 Å². The van der Waals surface area contributed by atoms with E-state index in [1.807, 2.05) is 12.1 Å². The van der Waals surface area contributed by atoms with Gasteiger partial charge in [0.05, 0.1) is 0 Å². The summed E-state index contributed by atoms with van der Waals surface area (Å²) in [4.78, 5) is 12.2. The Labute approximate surface area is 116 Å². The molecule has 0 saturated heterocycles. The highest BCUT2D eigenvalue weighted by Gasteiger charge is 1.93. The van der Waals surface area contributed by atoms with Gasteiger partial charge in [-0.15, -0.1) is 0 Å². The minimum absolute atomic E-state index is 0.306. The number of primary amides is 1. The van der Waals surface area contributed by atoms with Crippen molar-refractivity contribution in [2.45, 2.75) is 9.79 Å². The molecule has 0 radical (unpaired) electrons. The van der Waals surface area contributed by atoms with Gasteiger partial charge in [-0.3, -0.25) is 0 Å². The number of amides is 2. The Balaban J connectivity index is 0.000000258. The topological polar surface area (TPSA) is 98.4 Å². The number of nitrogens with two attached hydrogens (primary N) is 3. The van der Waals surface area contributed by atoms with Crippen LogP contribution in [0.4, 0.5) is 4.79 Å². The molecule has 0 aliphatic rings. The van der Waals surface area contributed by atoms with Crippen molar-refractivity contribution in [2.75, 3.05) is 0 Å². The molecule has 6 heteroatoms. The van der Waals surface area contributed by atoms with Gasteiger partial charge in [0, 0.05) is 9.79 Å². The maximum Gasteiger partial charge on any atom is 0.343 e. The van der Waals surface area contributed by atoms with Crippen LogP contribution in [0, 0.1) is 0 Å². The molecule has 0 spiro atoms. The first-order valence-electron chi connectivity index (χ1n) is 5.46. The fourth-order valence-electron chi connectivity index (χ4n) is 1.11. The summed E-state index contributed by atoms with van der Waals surface area (Å²) < 4.78 is 0. The van der Waals surface area contributed by atoms with Crippen molar-refractivity contribution in [3.05, 3.63) is 60.7 Å². The monoisotopic (exact) mass is 276 g/mol. The van der Waals surface area contributed by atoms with Crippen LogP contribution >= 0.6 is 11.8 Å². The van der Waals surface area contributed by atoms with Gasteiger partial charge in [-0.25, -0.2) is 16.5 Å². The number of hydrogen-bond donors (Lipinski definition) is 3. The Morgan fingerprint density at radius 2 is 1.16 bits per heavy atom. The van der Waals surface area contributed by atoms with E-state index < -0.39 is 6.03 Å². The average Bonchev–Trinajstić information content (AvgIpc) is 2.41. The largest absolute Gasteiger partial charge is 0.349 e. The first-order chi connectivity index (χ1) is 9.09. The van der Waals surface area contributed by atoms with Crippen molar-refractivity contribution in [1.29, 1.82) is 0 Å². The number of nitrogens with zero attached hydrogens (tertiary/aromatic N) is 1. The van der Waals surface area contributed by atoms with Gasteiger partial charge >= 0.3 is 6.03 Å². The molecule has 0 fully saturated rings. The molecule has 0 bridgehead atoms. The number of hydrazine groups is 2. The highest BCUT2D eigenvalue weighted by molar-refractivity contribution is 7.99. The summed E-state index contributed by atoms with van der Waals surface area (Å²) in [7, 11) is 0. The fourth-order valence-corrected chi connectivity index (χ4v) is 1.97. The van der Waals surface area contributed by atoms with Crippen LogP contribution in [0.1, 0.15) is 0 Å². The third-order valence-electron chi connectivity index (χ3n) is 1.98. The van der Waals surface area contributed by atoms with Crippen LogP contribution in [-0.2, 0) is 0 Å². The van der Waals surface area contributed by atoms with Crippen molar-refractivity contribution in [3.63, 3.8) is 0 Å². The van der Waals surface area contributed by atoms with E-state index in [9.17, 15) is 4.79 Å². The average molecular weight is 276 g/mol. The summed E-state index contributed by atoms with van der Waals surface area (Å²) in [6.07, 6.45) is 0.